The van der Waals surface area contributed by atoms with Crippen molar-refractivity contribution in [2.75, 3.05) is 41.0 Å². The molecule has 0 spiro atoms. The SMILES string of the molecule is CC/C=C/C/C=C/C/C=C/C/C=C/C/C=C/CCCCCCCCCC(=O)OC(COCCC(C(=O)O)[N+](C)(C)C)COC(=O)CCCCCCCCCCCC/C=C/C=C/CCCCC. The van der Waals surface area contributed by atoms with Crippen LogP contribution in [-0.4, -0.2) is 80.6 Å². The molecule has 8 nitrogen and oxygen atoms in total. The summed E-state index contributed by atoms with van der Waals surface area (Å²) in [5, 5.41) is 9.67. The second-order valence-electron chi connectivity index (χ2n) is 18.8. The zero-order chi connectivity index (χ0) is 48.4. The highest BCUT2D eigenvalue weighted by atomic mass is 16.6. The third-order valence-electron chi connectivity index (χ3n) is 11.6. The number of carboxylic acid groups (broad SMARTS) is 1. The highest BCUT2D eigenvalue weighted by Gasteiger charge is 2.31. The molecule has 0 aliphatic carbocycles. The largest absolute Gasteiger partial charge is 0.477 e. The molecule has 1 N–H and O–H groups in total. The van der Waals surface area contributed by atoms with Gasteiger partial charge in [0, 0.05) is 19.3 Å². The van der Waals surface area contributed by atoms with Crippen molar-refractivity contribution in [3.8, 4) is 0 Å². The maximum atomic E-state index is 12.8. The average molecular weight is 923 g/mol. The Morgan fingerprint density at radius 1 is 0.485 bits per heavy atom. The molecule has 0 saturated carbocycles. The van der Waals surface area contributed by atoms with E-state index in [1.54, 1.807) is 0 Å². The Morgan fingerprint density at radius 2 is 0.894 bits per heavy atom. The van der Waals surface area contributed by atoms with Crippen LogP contribution in [0.15, 0.2) is 85.1 Å². The summed E-state index contributed by atoms with van der Waals surface area (Å²) in [6.45, 7) is 4.59. The van der Waals surface area contributed by atoms with Gasteiger partial charge >= 0.3 is 17.9 Å². The van der Waals surface area contributed by atoms with Gasteiger partial charge in [-0.3, -0.25) is 9.59 Å². The first-order valence-corrected chi connectivity index (χ1v) is 26.6. The summed E-state index contributed by atoms with van der Waals surface area (Å²) in [5.74, 6) is -1.49. The van der Waals surface area contributed by atoms with Crippen molar-refractivity contribution in [1.82, 2.24) is 0 Å². The summed E-state index contributed by atoms with van der Waals surface area (Å²) in [5.41, 5.74) is 0. The van der Waals surface area contributed by atoms with Crippen molar-refractivity contribution < 1.29 is 38.2 Å². The number of allylic oxidation sites excluding steroid dienone is 14. The van der Waals surface area contributed by atoms with Gasteiger partial charge in [0.2, 0.25) is 0 Å². The third-order valence-corrected chi connectivity index (χ3v) is 11.6. The Kier molecular flexibility index (Phi) is 45.4. The van der Waals surface area contributed by atoms with Gasteiger partial charge in [-0.15, -0.1) is 0 Å². The Balaban J connectivity index is 4.27. The minimum Gasteiger partial charge on any atom is -0.477 e. The number of ether oxygens (including phenoxy) is 3. The minimum atomic E-state index is -0.879. The monoisotopic (exact) mass is 923 g/mol. The van der Waals surface area contributed by atoms with E-state index in [1.165, 1.54) is 96.3 Å². The van der Waals surface area contributed by atoms with Crippen molar-refractivity contribution in [3.05, 3.63) is 85.1 Å². The lowest BCUT2D eigenvalue weighted by atomic mass is 10.1. The quantitative estimate of drug-likeness (QED) is 0.0213. The number of aliphatic carboxylic acids is 1. The molecule has 378 valence electrons. The molecule has 0 aromatic heterocycles. The van der Waals surface area contributed by atoms with Crippen LogP contribution >= 0.6 is 0 Å². The van der Waals surface area contributed by atoms with Crippen molar-refractivity contribution in [1.29, 1.82) is 0 Å². The summed E-state index contributed by atoms with van der Waals surface area (Å²) in [6.07, 6.45) is 63.4. The lowest BCUT2D eigenvalue weighted by Gasteiger charge is -2.31. The lowest BCUT2D eigenvalue weighted by Crippen LogP contribution is -2.50. The standard InChI is InChI=1S/C58H99NO7/c1-6-8-10-12-14-16-18-20-22-24-26-27-28-29-31-33-35-37-39-41-43-45-47-49-57(61)66-54(52-64-51-50-55(58(62)63)59(3,4)5)53-65-56(60)48-46-44-42-40-38-36-34-32-30-25-23-21-19-17-15-13-11-9-7-2/h8,10,14-17,19-22,26-27,29,31,54-55H,6-7,9,11-13,18,23-25,28,30,32-53H2,1-5H3/p+1/b10-8+,16-14+,17-15+,21-19+,22-20+,27-26+,31-29+. The van der Waals surface area contributed by atoms with E-state index in [9.17, 15) is 19.5 Å². The van der Waals surface area contributed by atoms with Crippen LogP contribution in [0, 0.1) is 0 Å². The minimum absolute atomic E-state index is 0.0516. The molecule has 0 rings (SSSR count). The number of quaternary nitrogens is 1. The van der Waals surface area contributed by atoms with E-state index >= 15 is 0 Å². The molecule has 0 fully saturated rings. The van der Waals surface area contributed by atoms with E-state index < -0.39 is 18.1 Å². The van der Waals surface area contributed by atoms with Crippen molar-refractivity contribution in [3.63, 3.8) is 0 Å². The van der Waals surface area contributed by atoms with Gasteiger partial charge in [0.05, 0.1) is 34.4 Å². The summed E-state index contributed by atoms with van der Waals surface area (Å²) >= 11 is 0. The van der Waals surface area contributed by atoms with Crippen LogP contribution < -0.4 is 0 Å². The maximum Gasteiger partial charge on any atom is 0.362 e. The number of hydrogen-bond donors (Lipinski definition) is 1. The van der Waals surface area contributed by atoms with Crippen LogP contribution in [0.2, 0.25) is 0 Å². The first kappa shape index (κ1) is 62.5. The predicted octanol–water partition coefficient (Wildman–Crippen LogP) is 15.6. The number of carboxylic acids is 1. The molecule has 8 heteroatoms. The molecule has 0 saturated heterocycles. The number of carbonyl (C=O) groups is 3. The van der Waals surface area contributed by atoms with Gasteiger partial charge in [-0.25, -0.2) is 4.79 Å². The number of unbranched alkanes of at least 4 members (excludes halogenated alkanes) is 20. The van der Waals surface area contributed by atoms with Crippen LogP contribution in [0.5, 0.6) is 0 Å². The van der Waals surface area contributed by atoms with Gasteiger partial charge in [0.1, 0.15) is 6.61 Å². The number of likely N-dealkylation sites (N-methyl/N-ethyl adjacent to an activating group) is 1. The normalized spacial score (nSPS) is 13.5. The second kappa shape index (κ2) is 48.0. The second-order valence-corrected chi connectivity index (χ2v) is 18.8. The first-order valence-electron chi connectivity index (χ1n) is 26.6. The lowest BCUT2D eigenvalue weighted by molar-refractivity contribution is -0.887. The van der Waals surface area contributed by atoms with Crippen molar-refractivity contribution in [2.45, 2.75) is 225 Å². The summed E-state index contributed by atoms with van der Waals surface area (Å²) in [4.78, 5) is 37.2. The zero-order valence-electron chi connectivity index (χ0n) is 43.1. The van der Waals surface area contributed by atoms with Crippen molar-refractivity contribution >= 4 is 17.9 Å². The predicted molar refractivity (Wildman–Crippen MR) is 280 cm³/mol. The van der Waals surface area contributed by atoms with Gasteiger partial charge in [-0.05, 0) is 83.5 Å². The highest BCUT2D eigenvalue weighted by Crippen LogP contribution is 2.15. The Labute approximate surface area is 405 Å². The fourth-order valence-electron chi connectivity index (χ4n) is 7.46. The molecule has 0 aromatic carbocycles. The highest BCUT2D eigenvalue weighted by molar-refractivity contribution is 5.72. The van der Waals surface area contributed by atoms with Crippen LogP contribution in [-0.2, 0) is 28.6 Å². The van der Waals surface area contributed by atoms with Crippen LogP contribution in [0.3, 0.4) is 0 Å². The topological polar surface area (TPSA) is 99.1 Å². The first-order chi connectivity index (χ1) is 32.1. The molecule has 0 aliphatic rings. The fraction of sp³-hybridized carbons (Fsp3) is 0.707. The fourth-order valence-corrected chi connectivity index (χ4v) is 7.46. The smallest absolute Gasteiger partial charge is 0.362 e. The number of rotatable bonds is 47. The van der Waals surface area contributed by atoms with E-state index in [0.29, 0.717) is 19.3 Å². The summed E-state index contributed by atoms with van der Waals surface area (Å²) < 4.78 is 17.4. The summed E-state index contributed by atoms with van der Waals surface area (Å²) in [7, 11) is 5.53. The van der Waals surface area contributed by atoms with Gasteiger partial charge in [-0.2, -0.15) is 0 Å². The average Bonchev–Trinajstić information content (AvgIpc) is 3.28. The maximum absolute atomic E-state index is 12.8. The van der Waals surface area contributed by atoms with Crippen LogP contribution in [0.1, 0.15) is 213 Å². The van der Waals surface area contributed by atoms with Crippen LogP contribution in [0.4, 0.5) is 0 Å². The molecule has 0 radical (unpaired) electrons. The number of esters is 2. The third kappa shape index (κ3) is 45.7. The van der Waals surface area contributed by atoms with Gasteiger partial charge in [0.15, 0.2) is 12.1 Å². The molecule has 0 bridgehead atoms. The Hall–Kier alpha value is -3.49. The number of nitrogens with zero attached hydrogens (tertiary/aromatic N) is 1. The molecule has 0 aromatic rings. The zero-order valence-corrected chi connectivity index (χ0v) is 43.1. The van der Waals surface area contributed by atoms with E-state index in [2.05, 4.69) is 98.9 Å². The molecule has 66 heavy (non-hydrogen) atoms. The Morgan fingerprint density at radius 3 is 1.35 bits per heavy atom. The molecular weight excluding hydrogens is 823 g/mol. The van der Waals surface area contributed by atoms with Gasteiger partial charge in [0.25, 0.3) is 0 Å². The molecular formula is C58H100NO7+. The van der Waals surface area contributed by atoms with E-state index in [1.807, 2.05) is 21.1 Å². The number of hydrogen-bond acceptors (Lipinski definition) is 6. The molecule has 0 amide bonds. The molecule has 2 unspecified atom stereocenters. The van der Waals surface area contributed by atoms with Gasteiger partial charge in [-0.1, -0.05) is 195 Å². The molecule has 2 atom stereocenters. The van der Waals surface area contributed by atoms with Crippen LogP contribution in [0.25, 0.3) is 0 Å². The summed E-state index contributed by atoms with van der Waals surface area (Å²) in [6, 6.07) is -0.622. The van der Waals surface area contributed by atoms with E-state index in [-0.39, 0.29) is 36.2 Å². The van der Waals surface area contributed by atoms with E-state index in [0.717, 1.165) is 83.5 Å². The van der Waals surface area contributed by atoms with E-state index in [4.69, 9.17) is 14.2 Å². The Bertz CT molecular complexity index is 1350. The van der Waals surface area contributed by atoms with Gasteiger partial charge < -0.3 is 23.8 Å². The molecule has 0 aliphatic heterocycles. The number of carbonyl (C=O) groups excluding carboxylic acids is 2. The van der Waals surface area contributed by atoms with Crippen molar-refractivity contribution in [2.24, 2.45) is 0 Å². The molecule has 0 heterocycles.